The largest absolute Gasteiger partial charge is 0.465 e. The predicted molar refractivity (Wildman–Crippen MR) is 143 cm³/mol. The molecule has 1 aromatic carbocycles. The number of aliphatic hydroxyl groups excluding tert-OH is 1. The first-order valence-corrected chi connectivity index (χ1v) is 13.8. The van der Waals surface area contributed by atoms with Gasteiger partial charge in [-0.25, -0.2) is 9.55 Å². The van der Waals surface area contributed by atoms with Crippen LogP contribution < -0.4 is 20.7 Å². The monoisotopic (exact) mass is 561 g/mol. The molecule has 5 N–H and O–H groups in total. The molecule has 1 unspecified atom stereocenters. The lowest BCUT2D eigenvalue weighted by atomic mass is 10.00. The fraction of sp³-hybridized carbons (Fsp3) is 0.417. The topological polar surface area (TPSA) is 185 Å². The highest BCUT2D eigenvalue weighted by Crippen LogP contribution is 2.46. The quantitative estimate of drug-likeness (QED) is 0.143. The molecule has 0 aliphatic carbocycles. The number of ether oxygens (including phenoxy) is 2. The summed E-state index contributed by atoms with van der Waals surface area (Å²) in [5.74, 6) is -0.516. The lowest BCUT2D eigenvalue weighted by Gasteiger charge is -2.24. The minimum Gasteiger partial charge on any atom is -0.465 e. The minimum absolute atomic E-state index is 0.0305. The summed E-state index contributed by atoms with van der Waals surface area (Å²) in [5, 5.41) is 16.6. The van der Waals surface area contributed by atoms with E-state index in [9.17, 15) is 14.5 Å². The van der Waals surface area contributed by atoms with E-state index in [-0.39, 0.29) is 24.9 Å². The molecule has 1 saturated heterocycles. The standard InChI is InChI=1S/C24H32N7O7P/c1-5-16-19(32)17(37-22(16)31-13-27-18-20(26-4)28-24(25)29-21(18)31)12-36-39(34,30-14(3)23(33)35-6-2)38-15-10-8-7-9-11-15/h5,7-11,13-14,16-17,19,22,32H,1,6,12H2,2-4H3,(H,30,34)(H3,25,26,28,29)/t14-,16-,17+,19-,22+,39?/m0/s1. The van der Waals surface area contributed by atoms with Gasteiger partial charge in [0, 0.05) is 7.05 Å². The molecule has 0 spiro atoms. The Morgan fingerprint density at radius 1 is 1.36 bits per heavy atom. The van der Waals surface area contributed by atoms with Crippen LogP contribution in [0.25, 0.3) is 11.2 Å². The molecule has 3 heterocycles. The Balaban J connectivity index is 1.56. The summed E-state index contributed by atoms with van der Waals surface area (Å²) < 4.78 is 37.8. The molecule has 210 valence electrons. The summed E-state index contributed by atoms with van der Waals surface area (Å²) >= 11 is 0. The van der Waals surface area contributed by atoms with Gasteiger partial charge in [0.25, 0.3) is 0 Å². The van der Waals surface area contributed by atoms with Crippen LogP contribution in [0.2, 0.25) is 0 Å². The van der Waals surface area contributed by atoms with Crippen LogP contribution in [0, 0.1) is 5.92 Å². The number of rotatable bonds is 12. The van der Waals surface area contributed by atoms with Crippen molar-refractivity contribution in [1.82, 2.24) is 24.6 Å². The van der Waals surface area contributed by atoms with Gasteiger partial charge in [0.1, 0.15) is 24.1 Å². The zero-order chi connectivity index (χ0) is 28.2. The average Bonchev–Trinajstić information content (AvgIpc) is 3.47. The molecule has 4 rings (SSSR count). The van der Waals surface area contributed by atoms with Crippen molar-refractivity contribution in [2.75, 3.05) is 31.3 Å². The molecule has 0 saturated carbocycles. The predicted octanol–water partition coefficient (Wildman–Crippen LogP) is 2.26. The SMILES string of the molecule is C=C[C@H]1[C@H](O)[C@@H](COP(=O)(N[C@@H](C)C(=O)OCC)Oc2ccccc2)O[C@H]1n1cnc2c(NC)nc(N)nc21. The van der Waals surface area contributed by atoms with Gasteiger partial charge in [-0.1, -0.05) is 24.3 Å². The highest BCUT2D eigenvalue weighted by Gasteiger charge is 2.45. The van der Waals surface area contributed by atoms with Crippen LogP contribution in [0.15, 0.2) is 49.3 Å². The first-order valence-electron chi connectivity index (χ1n) is 12.3. The van der Waals surface area contributed by atoms with Crippen molar-refractivity contribution in [3.63, 3.8) is 0 Å². The molecule has 39 heavy (non-hydrogen) atoms. The summed E-state index contributed by atoms with van der Waals surface area (Å²) in [6.07, 6.45) is 0.219. The molecule has 1 fully saturated rings. The van der Waals surface area contributed by atoms with E-state index in [2.05, 4.69) is 31.9 Å². The maximum atomic E-state index is 13.7. The number of para-hydroxylation sites is 1. The number of aromatic nitrogens is 4. The van der Waals surface area contributed by atoms with Gasteiger partial charge >= 0.3 is 13.7 Å². The van der Waals surface area contributed by atoms with Crippen LogP contribution in [0.3, 0.4) is 0 Å². The van der Waals surface area contributed by atoms with Gasteiger partial charge in [-0.2, -0.15) is 15.1 Å². The van der Waals surface area contributed by atoms with Gasteiger partial charge in [0.05, 0.1) is 31.6 Å². The van der Waals surface area contributed by atoms with Gasteiger partial charge in [-0.15, -0.1) is 6.58 Å². The smallest absolute Gasteiger partial charge is 0.459 e. The maximum Gasteiger partial charge on any atom is 0.459 e. The summed E-state index contributed by atoms with van der Waals surface area (Å²) in [7, 11) is -2.47. The van der Waals surface area contributed by atoms with E-state index in [0.29, 0.717) is 17.0 Å². The van der Waals surface area contributed by atoms with E-state index < -0.39 is 44.1 Å². The van der Waals surface area contributed by atoms with Crippen molar-refractivity contribution in [3.8, 4) is 5.75 Å². The van der Waals surface area contributed by atoms with Crippen LogP contribution in [0.5, 0.6) is 5.75 Å². The van der Waals surface area contributed by atoms with E-state index in [0.717, 1.165) is 0 Å². The number of benzene rings is 1. The highest BCUT2D eigenvalue weighted by atomic mass is 31.2. The molecule has 15 heteroatoms. The number of aliphatic hydroxyl groups is 1. The van der Waals surface area contributed by atoms with Crippen LogP contribution in [0.1, 0.15) is 20.1 Å². The third-order valence-electron chi connectivity index (χ3n) is 6.01. The molecule has 2 aromatic heterocycles. The fourth-order valence-electron chi connectivity index (χ4n) is 4.14. The number of imidazole rings is 1. The number of nitrogen functional groups attached to an aromatic ring is 1. The molecule has 14 nitrogen and oxygen atoms in total. The number of carbonyl (C=O) groups is 1. The number of nitrogens with two attached hydrogens (primary N) is 1. The Hall–Kier alpha value is -3.55. The van der Waals surface area contributed by atoms with Crippen LogP contribution in [-0.4, -0.2) is 69.1 Å². The minimum atomic E-state index is -4.15. The third-order valence-corrected chi connectivity index (χ3v) is 7.65. The van der Waals surface area contributed by atoms with Crippen molar-refractivity contribution in [2.45, 2.75) is 38.3 Å². The van der Waals surface area contributed by atoms with E-state index in [1.165, 1.54) is 13.3 Å². The summed E-state index contributed by atoms with van der Waals surface area (Å²) in [4.78, 5) is 25.0. The van der Waals surface area contributed by atoms with Crippen molar-refractivity contribution < 1.29 is 33.0 Å². The number of esters is 1. The highest BCUT2D eigenvalue weighted by molar-refractivity contribution is 7.52. The lowest BCUT2D eigenvalue weighted by Crippen LogP contribution is -2.36. The number of anilines is 2. The normalized spacial score (nSPS) is 23.2. The van der Waals surface area contributed by atoms with E-state index >= 15 is 0 Å². The summed E-state index contributed by atoms with van der Waals surface area (Å²) in [6.45, 7) is 6.77. The number of nitrogens with zero attached hydrogens (tertiary/aromatic N) is 4. The van der Waals surface area contributed by atoms with E-state index in [4.69, 9.17) is 24.3 Å². The molecular formula is C24H32N7O7P. The molecule has 6 atom stereocenters. The van der Waals surface area contributed by atoms with Gasteiger partial charge in [-0.05, 0) is 26.0 Å². The lowest BCUT2D eigenvalue weighted by molar-refractivity contribution is -0.144. The zero-order valence-corrected chi connectivity index (χ0v) is 22.7. The van der Waals surface area contributed by atoms with E-state index in [1.54, 1.807) is 54.9 Å². The first-order chi connectivity index (χ1) is 18.7. The van der Waals surface area contributed by atoms with Crippen molar-refractivity contribution in [3.05, 3.63) is 49.3 Å². The number of hydrogen-bond donors (Lipinski definition) is 4. The molecule has 1 aliphatic heterocycles. The molecular weight excluding hydrogens is 529 g/mol. The second-order valence-corrected chi connectivity index (χ2v) is 10.4. The van der Waals surface area contributed by atoms with Crippen molar-refractivity contribution in [2.24, 2.45) is 5.92 Å². The average molecular weight is 562 g/mol. The Bertz CT molecular complexity index is 1360. The van der Waals surface area contributed by atoms with Crippen molar-refractivity contribution in [1.29, 1.82) is 0 Å². The zero-order valence-electron chi connectivity index (χ0n) is 21.8. The number of nitrogens with one attached hydrogen (secondary N) is 2. The Labute approximate surface area is 225 Å². The van der Waals surface area contributed by atoms with Gasteiger partial charge in [0.15, 0.2) is 17.0 Å². The molecule has 0 bridgehead atoms. The number of fused-ring (bicyclic) bond motifs is 1. The van der Waals surface area contributed by atoms with Crippen LogP contribution in [0.4, 0.5) is 11.8 Å². The number of hydrogen-bond acceptors (Lipinski definition) is 12. The Kier molecular flexibility index (Phi) is 8.83. The second-order valence-electron chi connectivity index (χ2n) is 8.67. The Morgan fingerprint density at radius 2 is 2.10 bits per heavy atom. The maximum absolute atomic E-state index is 13.7. The first kappa shape index (κ1) is 28.5. The van der Waals surface area contributed by atoms with E-state index in [1.807, 2.05) is 0 Å². The Morgan fingerprint density at radius 3 is 2.77 bits per heavy atom. The fourth-order valence-corrected chi connectivity index (χ4v) is 5.65. The number of carbonyl (C=O) groups excluding carboxylic acids is 1. The van der Waals surface area contributed by atoms with Gasteiger partial charge in [-0.3, -0.25) is 13.9 Å². The van der Waals surface area contributed by atoms with Gasteiger partial charge < -0.3 is 30.2 Å². The van der Waals surface area contributed by atoms with Gasteiger partial charge in [0.2, 0.25) is 5.95 Å². The van der Waals surface area contributed by atoms with Crippen LogP contribution >= 0.6 is 7.75 Å². The second kappa shape index (κ2) is 12.1. The third kappa shape index (κ3) is 6.21. The summed E-state index contributed by atoms with van der Waals surface area (Å²) in [5.41, 5.74) is 6.72. The van der Waals surface area contributed by atoms with Crippen molar-refractivity contribution >= 4 is 36.6 Å². The molecule has 1 aliphatic rings. The summed E-state index contributed by atoms with van der Waals surface area (Å²) in [6, 6.07) is 7.34. The molecule has 3 aromatic rings. The molecule has 0 radical (unpaired) electrons. The van der Waals surface area contributed by atoms with Crippen LogP contribution in [-0.2, 0) is 23.4 Å². The molecule has 0 amide bonds.